The Morgan fingerprint density at radius 2 is 2.05 bits per heavy atom. The monoisotopic (exact) mass is 355 g/mol. The summed E-state index contributed by atoms with van der Waals surface area (Å²) in [6.45, 7) is 0.0221. The van der Waals surface area contributed by atoms with E-state index in [0.717, 1.165) is 0 Å². The molecule has 0 spiro atoms. The minimum Gasteiger partial charge on any atom is -0.394 e. The second-order valence-corrected chi connectivity index (χ2v) is 5.35. The molecule has 1 amide bonds. The summed E-state index contributed by atoms with van der Waals surface area (Å²) in [6.07, 6.45) is 2.92. The van der Waals surface area contributed by atoms with Gasteiger partial charge in [0.1, 0.15) is 6.54 Å². The van der Waals surface area contributed by atoms with Gasteiger partial charge in [0.05, 0.1) is 20.9 Å². The Kier molecular flexibility index (Phi) is 4.46. The van der Waals surface area contributed by atoms with Crippen molar-refractivity contribution < 1.29 is 4.79 Å². The average Bonchev–Trinajstić information content (AvgIpc) is 2.38. The zero-order valence-electron chi connectivity index (χ0n) is 10.3. The van der Waals surface area contributed by atoms with Gasteiger partial charge in [-0.15, -0.1) is 0 Å². The molecule has 1 aromatic carbocycles. The maximum Gasteiger partial charge on any atom is 0.244 e. The average molecular weight is 357 g/mol. The topological polar surface area (TPSA) is 77.1 Å². The molecule has 0 aliphatic heterocycles. The van der Waals surface area contributed by atoms with Crippen molar-refractivity contribution in [3.63, 3.8) is 0 Å². The molecule has 1 heterocycles. The van der Waals surface area contributed by atoms with Crippen molar-refractivity contribution in [1.82, 2.24) is 4.57 Å². The van der Waals surface area contributed by atoms with Gasteiger partial charge in [-0.3, -0.25) is 9.59 Å². The molecule has 0 aliphatic rings. The standard InChI is InChI=1S/C13H11BrClN3O2/c14-8-5-18(6-10(16)13(8)20)7-12(19)17-11-4-2-1-3-9(11)15/h1-6H,7,16H2,(H,17,19). The fourth-order valence-corrected chi connectivity index (χ4v) is 2.30. The number of nitrogens with one attached hydrogen (secondary N) is 1. The van der Waals surface area contributed by atoms with Gasteiger partial charge in [-0.05, 0) is 28.1 Å². The highest BCUT2D eigenvalue weighted by atomic mass is 79.9. The van der Waals surface area contributed by atoms with E-state index >= 15 is 0 Å². The lowest BCUT2D eigenvalue weighted by Crippen LogP contribution is -2.21. The minimum atomic E-state index is -0.298. The number of rotatable bonds is 3. The molecule has 0 atom stereocenters. The van der Waals surface area contributed by atoms with Crippen molar-refractivity contribution >= 4 is 44.8 Å². The van der Waals surface area contributed by atoms with Crippen LogP contribution in [0.2, 0.25) is 5.02 Å². The number of para-hydroxylation sites is 1. The number of nitrogens with two attached hydrogens (primary N) is 1. The van der Waals surface area contributed by atoms with Crippen molar-refractivity contribution in [2.45, 2.75) is 6.54 Å². The van der Waals surface area contributed by atoms with Gasteiger partial charge in [0.25, 0.3) is 0 Å². The van der Waals surface area contributed by atoms with Crippen molar-refractivity contribution in [2.75, 3.05) is 11.1 Å². The number of carbonyl (C=O) groups is 1. The molecule has 104 valence electrons. The molecule has 5 nitrogen and oxygen atoms in total. The Morgan fingerprint density at radius 1 is 1.35 bits per heavy atom. The van der Waals surface area contributed by atoms with Crippen molar-refractivity contribution in [3.8, 4) is 0 Å². The number of nitrogen functional groups attached to an aromatic ring is 1. The summed E-state index contributed by atoms with van der Waals surface area (Å²) in [5, 5.41) is 3.15. The molecule has 0 fully saturated rings. The van der Waals surface area contributed by atoms with Crippen LogP contribution < -0.4 is 16.5 Å². The van der Waals surface area contributed by atoms with Crippen LogP contribution in [0, 0.1) is 0 Å². The van der Waals surface area contributed by atoms with Gasteiger partial charge in [-0.25, -0.2) is 0 Å². The summed E-state index contributed by atoms with van der Waals surface area (Å²) < 4.78 is 1.83. The summed E-state index contributed by atoms with van der Waals surface area (Å²) in [6, 6.07) is 6.94. The number of nitrogens with zero attached hydrogens (tertiary/aromatic N) is 1. The maximum atomic E-state index is 11.9. The van der Waals surface area contributed by atoms with E-state index in [1.54, 1.807) is 24.3 Å². The third-order valence-corrected chi connectivity index (χ3v) is 3.43. The maximum absolute atomic E-state index is 11.9. The molecule has 20 heavy (non-hydrogen) atoms. The summed E-state index contributed by atoms with van der Waals surface area (Å²) in [5.74, 6) is -0.270. The number of halogens is 2. The fourth-order valence-electron chi connectivity index (χ4n) is 1.63. The number of hydrogen-bond donors (Lipinski definition) is 2. The number of anilines is 2. The van der Waals surface area contributed by atoms with Crippen molar-refractivity contribution in [2.24, 2.45) is 0 Å². The Bertz CT molecular complexity index is 689. The highest BCUT2D eigenvalue weighted by Crippen LogP contribution is 2.20. The summed E-state index contributed by atoms with van der Waals surface area (Å²) in [5.41, 5.74) is 5.87. The molecule has 3 N–H and O–H groups in total. The minimum absolute atomic E-state index is 0.0221. The first-order valence-corrected chi connectivity index (χ1v) is 6.84. The molecule has 1 aromatic heterocycles. The lowest BCUT2D eigenvalue weighted by Gasteiger charge is -2.10. The molecule has 2 rings (SSSR count). The molecule has 7 heteroatoms. The summed E-state index contributed by atoms with van der Waals surface area (Å²) in [4.78, 5) is 23.4. The highest BCUT2D eigenvalue weighted by molar-refractivity contribution is 9.10. The lowest BCUT2D eigenvalue weighted by atomic mass is 10.3. The van der Waals surface area contributed by atoms with E-state index < -0.39 is 0 Å². The largest absolute Gasteiger partial charge is 0.394 e. The molecule has 0 aliphatic carbocycles. The van der Waals surface area contributed by atoms with Crippen molar-refractivity contribution in [1.29, 1.82) is 0 Å². The Balaban J connectivity index is 2.13. The molecule has 0 unspecified atom stereocenters. The Morgan fingerprint density at radius 3 is 2.70 bits per heavy atom. The van der Waals surface area contributed by atoms with Crippen LogP contribution in [0.3, 0.4) is 0 Å². The van der Waals surface area contributed by atoms with E-state index in [-0.39, 0.29) is 23.6 Å². The van der Waals surface area contributed by atoms with E-state index in [4.69, 9.17) is 17.3 Å². The normalized spacial score (nSPS) is 10.3. The van der Waals surface area contributed by atoms with Crippen molar-refractivity contribution in [3.05, 3.63) is 56.4 Å². The SMILES string of the molecule is Nc1cn(CC(=O)Nc2ccccc2Cl)cc(Br)c1=O. The summed E-state index contributed by atoms with van der Waals surface area (Å²) >= 11 is 9.05. The molecule has 0 saturated heterocycles. The summed E-state index contributed by atoms with van der Waals surface area (Å²) in [7, 11) is 0. The van der Waals surface area contributed by atoms with Gasteiger partial charge < -0.3 is 15.6 Å². The van der Waals surface area contributed by atoms with E-state index in [1.165, 1.54) is 17.0 Å². The number of carbonyl (C=O) groups excluding carboxylic acids is 1. The van der Waals surface area contributed by atoms with E-state index in [2.05, 4.69) is 21.2 Å². The molecular weight excluding hydrogens is 346 g/mol. The van der Waals surface area contributed by atoms with Crippen LogP contribution in [0.5, 0.6) is 0 Å². The number of benzene rings is 1. The van der Waals surface area contributed by atoms with Gasteiger partial charge >= 0.3 is 0 Å². The van der Waals surface area contributed by atoms with Crippen LogP contribution in [-0.2, 0) is 11.3 Å². The zero-order chi connectivity index (χ0) is 14.7. The van der Waals surface area contributed by atoms with Crippen LogP contribution in [-0.4, -0.2) is 10.5 Å². The zero-order valence-corrected chi connectivity index (χ0v) is 12.6. The fraction of sp³-hybridized carbons (Fsp3) is 0.0769. The Labute approximate surface area is 128 Å². The third kappa shape index (κ3) is 3.40. The molecule has 0 radical (unpaired) electrons. The van der Waals surface area contributed by atoms with Crippen LogP contribution >= 0.6 is 27.5 Å². The Hall–Kier alpha value is -1.79. The quantitative estimate of drug-likeness (QED) is 0.887. The first-order chi connectivity index (χ1) is 9.47. The van der Waals surface area contributed by atoms with Crippen LogP contribution in [0.4, 0.5) is 11.4 Å². The number of hydrogen-bond acceptors (Lipinski definition) is 3. The van der Waals surface area contributed by atoms with E-state index in [9.17, 15) is 9.59 Å². The number of amides is 1. The first-order valence-electron chi connectivity index (χ1n) is 5.67. The van der Waals surface area contributed by atoms with Gasteiger partial charge in [-0.1, -0.05) is 23.7 Å². The molecule has 2 aromatic rings. The van der Waals surface area contributed by atoms with Gasteiger partial charge in [0.2, 0.25) is 11.3 Å². The second kappa shape index (κ2) is 6.11. The smallest absolute Gasteiger partial charge is 0.244 e. The number of pyridine rings is 1. The lowest BCUT2D eigenvalue weighted by molar-refractivity contribution is -0.116. The molecule has 0 bridgehead atoms. The van der Waals surface area contributed by atoms with Crippen LogP contribution in [0.1, 0.15) is 0 Å². The first kappa shape index (κ1) is 14.6. The number of aromatic nitrogens is 1. The molecular formula is C13H11BrClN3O2. The van der Waals surface area contributed by atoms with E-state index in [1.807, 2.05) is 0 Å². The van der Waals surface area contributed by atoms with Gasteiger partial charge in [0.15, 0.2) is 0 Å². The predicted molar refractivity (Wildman–Crippen MR) is 82.9 cm³/mol. The molecule has 0 saturated carbocycles. The van der Waals surface area contributed by atoms with Crippen LogP contribution in [0.25, 0.3) is 0 Å². The van der Waals surface area contributed by atoms with Crippen LogP contribution in [0.15, 0.2) is 45.9 Å². The predicted octanol–water partition coefficient (Wildman–Crippen LogP) is 2.49. The van der Waals surface area contributed by atoms with Gasteiger partial charge in [0, 0.05) is 12.4 Å². The second-order valence-electron chi connectivity index (χ2n) is 4.09. The highest BCUT2D eigenvalue weighted by Gasteiger charge is 2.08. The third-order valence-electron chi connectivity index (χ3n) is 2.54. The van der Waals surface area contributed by atoms with Gasteiger partial charge in [-0.2, -0.15) is 0 Å². The van der Waals surface area contributed by atoms with E-state index in [0.29, 0.717) is 15.2 Å².